The van der Waals surface area contributed by atoms with Crippen molar-refractivity contribution in [2.45, 2.75) is 38.2 Å². The van der Waals surface area contributed by atoms with Crippen LogP contribution < -0.4 is 0 Å². The lowest BCUT2D eigenvalue weighted by atomic mass is 10.1. The normalized spacial score (nSPS) is 19.5. The van der Waals surface area contributed by atoms with Crippen molar-refractivity contribution in [2.75, 3.05) is 0 Å². The molecule has 1 aliphatic rings. The molecule has 0 aliphatic heterocycles. The molecule has 4 nitrogen and oxygen atoms in total. The molecule has 0 N–H and O–H groups in total. The summed E-state index contributed by atoms with van der Waals surface area (Å²) in [6.45, 7) is 1.99. The van der Waals surface area contributed by atoms with Gasteiger partial charge in [-0.05, 0) is 32.6 Å². The third-order valence-corrected chi connectivity index (χ3v) is 2.71. The Morgan fingerprint density at radius 1 is 1.50 bits per heavy atom. The maximum absolute atomic E-state index is 11.6. The van der Waals surface area contributed by atoms with Crippen LogP contribution in [0, 0.1) is 0 Å². The third kappa shape index (κ3) is 1.78. The summed E-state index contributed by atoms with van der Waals surface area (Å²) in [6.07, 6.45) is 8.52. The summed E-state index contributed by atoms with van der Waals surface area (Å²) < 4.78 is 6.79. The number of carbonyl (C=O) groups is 1. The smallest absolute Gasteiger partial charge is 0.419 e. The van der Waals surface area contributed by atoms with Crippen molar-refractivity contribution in [2.24, 2.45) is 0 Å². The van der Waals surface area contributed by atoms with Crippen LogP contribution in [0.15, 0.2) is 18.7 Å². The van der Waals surface area contributed by atoms with Crippen molar-refractivity contribution in [3.05, 3.63) is 18.7 Å². The molecular formula is C10H14N2O2. The number of ether oxygens (including phenoxy) is 1. The van der Waals surface area contributed by atoms with Gasteiger partial charge in [0.25, 0.3) is 0 Å². The Bertz CT molecular complexity index is 313. The zero-order valence-electron chi connectivity index (χ0n) is 8.27. The molecule has 4 heteroatoms. The van der Waals surface area contributed by atoms with Crippen molar-refractivity contribution in [1.29, 1.82) is 0 Å². The first kappa shape index (κ1) is 9.24. The monoisotopic (exact) mass is 194 g/mol. The van der Waals surface area contributed by atoms with Crippen LogP contribution in [0.5, 0.6) is 0 Å². The molecule has 0 spiro atoms. The molecule has 1 saturated carbocycles. The highest BCUT2D eigenvalue weighted by Gasteiger charge is 2.32. The standard InChI is InChI=1S/C10H14N2O2/c1-10(4-2-3-5-10)14-9(13)12-7-6-11-8-12/h6-8H,2-5H2,1H3. The molecule has 1 aromatic rings. The van der Waals surface area contributed by atoms with Gasteiger partial charge in [-0.2, -0.15) is 0 Å². The molecule has 0 aromatic carbocycles. The van der Waals surface area contributed by atoms with Gasteiger partial charge < -0.3 is 4.74 Å². The predicted molar refractivity (Wildman–Crippen MR) is 51.0 cm³/mol. The van der Waals surface area contributed by atoms with Gasteiger partial charge in [0.2, 0.25) is 0 Å². The predicted octanol–water partition coefficient (Wildman–Crippen LogP) is 2.20. The molecule has 0 saturated heterocycles. The minimum absolute atomic E-state index is 0.263. The van der Waals surface area contributed by atoms with Gasteiger partial charge in [-0.15, -0.1) is 0 Å². The summed E-state index contributed by atoms with van der Waals surface area (Å²) in [6, 6.07) is 0. The summed E-state index contributed by atoms with van der Waals surface area (Å²) in [5.74, 6) is 0. The highest BCUT2D eigenvalue weighted by atomic mass is 16.6. The molecule has 1 heterocycles. The second-order valence-corrected chi connectivity index (χ2v) is 3.99. The molecule has 1 aliphatic carbocycles. The average molecular weight is 194 g/mol. The van der Waals surface area contributed by atoms with E-state index in [9.17, 15) is 4.79 Å². The highest BCUT2D eigenvalue weighted by Crippen LogP contribution is 2.32. The molecule has 76 valence electrons. The minimum Gasteiger partial charge on any atom is -0.443 e. The fourth-order valence-corrected chi connectivity index (χ4v) is 1.86. The van der Waals surface area contributed by atoms with Crippen LogP contribution in [0.25, 0.3) is 0 Å². The summed E-state index contributed by atoms with van der Waals surface area (Å²) in [7, 11) is 0. The first-order valence-electron chi connectivity index (χ1n) is 4.91. The summed E-state index contributed by atoms with van der Waals surface area (Å²) >= 11 is 0. The Labute approximate surface area is 82.9 Å². The first-order valence-corrected chi connectivity index (χ1v) is 4.91. The molecule has 0 unspecified atom stereocenters. The van der Waals surface area contributed by atoms with Crippen LogP contribution in [0.1, 0.15) is 32.6 Å². The van der Waals surface area contributed by atoms with Gasteiger partial charge in [-0.3, -0.25) is 0 Å². The maximum atomic E-state index is 11.6. The Balaban J connectivity index is 2.01. The fraction of sp³-hybridized carbons (Fsp3) is 0.600. The van der Waals surface area contributed by atoms with Crippen molar-refractivity contribution in [1.82, 2.24) is 9.55 Å². The van der Waals surface area contributed by atoms with E-state index in [1.165, 1.54) is 10.9 Å². The van der Waals surface area contributed by atoms with Crippen molar-refractivity contribution in [3.63, 3.8) is 0 Å². The molecule has 1 fully saturated rings. The van der Waals surface area contributed by atoms with E-state index in [4.69, 9.17) is 4.74 Å². The Hall–Kier alpha value is -1.32. The fourth-order valence-electron chi connectivity index (χ4n) is 1.86. The van der Waals surface area contributed by atoms with Crippen LogP contribution in [0.4, 0.5) is 4.79 Å². The van der Waals surface area contributed by atoms with Crippen molar-refractivity contribution >= 4 is 6.09 Å². The van der Waals surface area contributed by atoms with Gasteiger partial charge in [0, 0.05) is 12.4 Å². The van der Waals surface area contributed by atoms with Gasteiger partial charge in [0.1, 0.15) is 11.9 Å². The lowest BCUT2D eigenvalue weighted by Crippen LogP contribution is -2.30. The third-order valence-electron chi connectivity index (χ3n) is 2.71. The van der Waals surface area contributed by atoms with E-state index in [0.29, 0.717) is 0 Å². The van der Waals surface area contributed by atoms with E-state index in [2.05, 4.69) is 4.98 Å². The van der Waals surface area contributed by atoms with Crippen LogP contribution >= 0.6 is 0 Å². The van der Waals surface area contributed by atoms with E-state index < -0.39 is 0 Å². The van der Waals surface area contributed by atoms with Crippen LogP contribution in [-0.4, -0.2) is 21.2 Å². The molecule has 2 rings (SSSR count). The van der Waals surface area contributed by atoms with E-state index in [-0.39, 0.29) is 11.7 Å². The van der Waals surface area contributed by atoms with Gasteiger partial charge in [-0.1, -0.05) is 0 Å². The highest BCUT2D eigenvalue weighted by molar-refractivity contribution is 5.70. The van der Waals surface area contributed by atoms with E-state index in [1.54, 1.807) is 12.4 Å². The Kier molecular flexibility index (Phi) is 2.27. The number of aromatic nitrogens is 2. The number of carbonyl (C=O) groups excluding carboxylic acids is 1. The number of rotatable bonds is 1. The number of hydrogen-bond donors (Lipinski definition) is 0. The summed E-state index contributed by atoms with van der Waals surface area (Å²) in [4.78, 5) is 15.4. The SMILES string of the molecule is CC1(OC(=O)n2ccnc2)CCCC1. The van der Waals surface area contributed by atoms with E-state index in [1.807, 2.05) is 6.92 Å². The lowest BCUT2D eigenvalue weighted by Gasteiger charge is -2.23. The number of nitrogens with zero attached hydrogens (tertiary/aromatic N) is 2. The second kappa shape index (κ2) is 3.44. The van der Waals surface area contributed by atoms with E-state index >= 15 is 0 Å². The Morgan fingerprint density at radius 3 is 2.79 bits per heavy atom. The first-order chi connectivity index (χ1) is 6.70. The largest absolute Gasteiger partial charge is 0.443 e. The van der Waals surface area contributed by atoms with Crippen molar-refractivity contribution in [3.8, 4) is 0 Å². The quantitative estimate of drug-likeness (QED) is 0.688. The molecule has 0 atom stereocenters. The zero-order valence-corrected chi connectivity index (χ0v) is 8.27. The van der Waals surface area contributed by atoms with Crippen LogP contribution in [-0.2, 0) is 4.74 Å². The Morgan fingerprint density at radius 2 is 2.21 bits per heavy atom. The minimum atomic E-state index is -0.327. The molecule has 0 amide bonds. The summed E-state index contributed by atoms with van der Waals surface area (Å²) in [5, 5.41) is 0. The maximum Gasteiger partial charge on any atom is 0.419 e. The van der Waals surface area contributed by atoms with Gasteiger partial charge in [-0.25, -0.2) is 14.3 Å². The topological polar surface area (TPSA) is 44.1 Å². The number of hydrogen-bond acceptors (Lipinski definition) is 3. The molecule has 0 radical (unpaired) electrons. The second-order valence-electron chi connectivity index (χ2n) is 3.99. The van der Waals surface area contributed by atoms with Crippen LogP contribution in [0.2, 0.25) is 0 Å². The molecule has 0 bridgehead atoms. The van der Waals surface area contributed by atoms with Gasteiger partial charge in [0.15, 0.2) is 0 Å². The number of imidazole rings is 1. The van der Waals surface area contributed by atoms with Crippen LogP contribution in [0.3, 0.4) is 0 Å². The molecule has 14 heavy (non-hydrogen) atoms. The average Bonchev–Trinajstić information content (AvgIpc) is 2.74. The van der Waals surface area contributed by atoms with Crippen molar-refractivity contribution < 1.29 is 9.53 Å². The van der Waals surface area contributed by atoms with E-state index in [0.717, 1.165) is 25.7 Å². The summed E-state index contributed by atoms with van der Waals surface area (Å²) in [5.41, 5.74) is -0.263. The zero-order chi connectivity index (χ0) is 10.0. The lowest BCUT2D eigenvalue weighted by molar-refractivity contribution is 0.0312. The van der Waals surface area contributed by atoms with Gasteiger partial charge in [0.05, 0.1) is 0 Å². The molecular weight excluding hydrogens is 180 g/mol. The van der Waals surface area contributed by atoms with Gasteiger partial charge >= 0.3 is 6.09 Å². The molecule has 1 aromatic heterocycles.